The fraction of sp³-hybridized carbons (Fsp3) is 0.417. The Hall–Kier alpha value is -4.13. The molecular weight excluding hydrogens is 540 g/mol. The molecule has 7 nitrogen and oxygen atoms in total. The van der Waals surface area contributed by atoms with Crippen LogP contribution in [0.3, 0.4) is 0 Å². The van der Waals surface area contributed by atoms with Gasteiger partial charge >= 0.3 is 11.6 Å². The number of hydrogen-bond donors (Lipinski definition) is 1. The number of carbonyl (C=O) groups is 1. The average molecular weight is 585 g/mol. The first-order valence-corrected chi connectivity index (χ1v) is 14.8. The summed E-state index contributed by atoms with van der Waals surface area (Å²) in [5.74, 6) is -2.12. The largest absolute Gasteiger partial charge is 0.507 e. The standard InChI is InChI=1S/C36H44N2O5/c1-11-42-33(40)30(31-34(41)43-28-18-21(2)12-17-27(28)37-31)29(22-13-15-24(16-14-22)38(9)10)23-19-25(35(3,4)5)32(39)26(20-23)36(6,7)8/h12-20,29-30,39H,11H2,1-10H3. The van der Waals surface area contributed by atoms with Gasteiger partial charge in [-0.15, -0.1) is 0 Å². The maximum Gasteiger partial charge on any atom is 0.359 e. The molecule has 1 heterocycles. The lowest BCUT2D eigenvalue weighted by atomic mass is 9.73. The molecule has 3 aromatic carbocycles. The number of esters is 1. The number of anilines is 1. The first-order chi connectivity index (χ1) is 20.0. The number of aryl methyl sites for hydroxylation is 1. The van der Waals surface area contributed by atoms with Crippen LogP contribution in [0.2, 0.25) is 0 Å². The van der Waals surface area contributed by atoms with Crippen LogP contribution < -0.4 is 10.5 Å². The molecule has 4 rings (SSSR count). The number of ether oxygens (including phenoxy) is 1. The number of benzene rings is 3. The quantitative estimate of drug-likeness (QED) is 0.227. The molecular formula is C36H44N2O5. The molecule has 0 amide bonds. The first kappa shape index (κ1) is 31.8. The van der Waals surface area contributed by atoms with Gasteiger partial charge in [-0.05, 0) is 76.8 Å². The molecule has 2 unspecified atom stereocenters. The number of nitrogens with zero attached hydrogens (tertiary/aromatic N) is 2. The fourth-order valence-corrected chi connectivity index (χ4v) is 5.49. The summed E-state index contributed by atoms with van der Waals surface area (Å²) < 4.78 is 11.4. The highest BCUT2D eigenvalue weighted by atomic mass is 16.5. The van der Waals surface area contributed by atoms with Crippen LogP contribution in [0.4, 0.5) is 5.69 Å². The smallest absolute Gasteiger partial charge is 0.359 e. The zero-order valence-electron chi connectivity index (χ0n) is 27.0. The maximum atomic E-state index is 14.0. The van der Waals surface area contributed by atoms with Gasteiger partial charge in [0, 0.05) is 25.7 Å². The minimum absolute atomic E-state index is 0.0146. The van der Waals surface area contributed by atoms with E-state index in [9.17, 15) is 14.7 Å². The summed E-state index contributed by atoms with van der Waals surface area (Å²) in [6.45, 7) is 16.1. The topological polar surface area (TPSA) is 92.9 Å². The zero-order chi connectivity index (χ0) is 31.9. The SMILES string of the molecule is CCOC(=O)C(c1nc2ccc(C)cc2oc1=O)C(c1ccc(N(C)C)cc1)c1cc(C(C)(C)C)c(O)c(C(C)(C)C)c1. The van der Waals surface area contributed by atoms with Gasteiger partial charge in [0.1, 0.15) is 22.9 Å². The van der Waals surface area contributed by atoms with Gasteiger partial charge in [-0.3, -0.25) is 4.79 Å². The average Bonchev–Trinajstić information content (AvgIpc) is 2.90. The van der Waals surface area contributed by atoms with Gasteiger partial charge in [0.2, 0.25) is 0 Å². The van der Waals surface area contributed by atoms with Crippen LogP contribution in [-0.2, 0) is 20.4 Å². The predicted molar refractivity (Wildman–Crippen MR) is 173 cm³/mol. The summed E-state index contributed by atoms with van der Waals surface area (Å²) in [4.78, 5) is 34.3. The molecule has 228 valence electrons. The molecule has 0 spiro atoms. The lowest BCUT2D eigenvalue weighted by molar-refractivity contribution is -0.145. The molecule has 0 saturated heterocycles. The highest BCUT2D eigenvalue weighted by Gasteiger charge is 2.39. The van der Waals surface area contributed by atoms with E-state index in [0.29, 0.717) is 11.1 Å². The Balaban J connectivity index is 2.11. The van der Waals surface area contributed by atoms with E-state index < -0.39 is 34.3 Å². The van der Waals surface area contributed by atoms with Crippen LogP contribution >= 0.6 is 0 Å². The number of rotatable bonds is 7. The molecule has 7 heteroatoms. The third kappa shape index (κ3) is 6.61. The number of hydrogen-bond acceptors (Lipinski definition) is 7. The van der Waals surface area contributed by atoms with Crippen molar-refractivity contribution in [2.24, 2.45) is 0 Å². The van der Waals surface area contributed by atoms with E-state index in [4.69, 9.17) is 14.1 Å². The van der Waals surface area contributed by atoms with Crippen molar-refractivity contribution in [1.29, 1.82) is 0 Å². The zero-order valence-corrected chi connectivity index (χ0v) is 27.0. The molecule has 1 aromatic heterocycles. The molecule has 43 heavy (non-hydrogen) atoms. The Bertz CT molecular complexity index is 1650. The van der Waals surface area contributed by atoms with Gasteiger partial charge in [0.05, 0.1) is 6.61 Å². The number of phenols is 1. The summed E-state index contributed by atoms with van der Waals surface area (Å²) in [6.07, 6.45) is 0. The normalized spacial score (nSPS) is 13.5. The summed E-state index contributed by atoms with van der Waals surface area (Å²) >= 11 is 0. The molecule has 0 aliphatic carbocycles. The van der Waals surface area contributed by atoms with E-state index in [1.165, 1.54) is 0 Å². The van der Waals surface area contributed by atoms with Crippen LogP contribution in [0, 0.1) is 6.92 Å². The van der Waals surface area contributed by atoms with Crippen LogP contribution in [0.5, 0.6) is 5.75 Å². The number of phenolic OH excluding ortho intramolecular Hbond substituents is 1. The number of aromatic hydroxyl groups is 1. The maximum absolute atomic E-state index is 14.0. The van der Waals surface area contributed by atoms with Gasteiger partial charge in [0.25, 0.3) is 0 Å². The summed E-state index contributed by atoms with van der Waals surface area (Å²) in [7, 11) is 3.93. The van der Waals surface area contributed by atoms with Crippen molar-refractivity contribution in [2.75, 3.05) is 25.6 Å². The Labute approximate surface area is 254 Å². The van der Waals surface area contributed by atoms with Gasteiger partial charge in [0.15, 0.2) is 5.58 Å². The Kier molecular flexibility index (Phi) is 8.77. The highest BCUT2D eigenvalue weighted by molar-refractivity contribution is 5.81. The first-order valence-electron chi connectivity index (χ1n) is 14.8. The molecule has 2 atom stereocenters. The van der Waals surface area contributed by atoms with Crippen LogP contribution in [0.25, 0.3) is 11.1 Å². The monoisotopic (exact) mass is 584 g/mol. The second-order valence-electron chi connectivity index (χ2n) is 13.5. The van der Waals surface area contributed by atoms with E-state index in [1.807, 2.05) is 110 Å². The van der Waals surface area contributed by atoms with Crippen molar-refractivity contribution in [2.45, 2.75) is 78.1 Å². The van der Waals surface area contributed by atoms with Crippen molar-refractivity contribution >= 4 is 22.8 Å². The van der Waals surface area contributed by atoms with Gasteiger partial charge in [-0.25, -0.2) is 9.78 Å². The van der Waals surface area contributed by atoms with Crippen LogP contribution in [0.15, 0.2) is 63.8 Å². The van der Waals surface area contributed by atoms with E-state index in [-0.39, 0.29) is 18.1 Å². The molecule has 0 saturated carbocycles. The van der Waals surface area contributed by atoms with Crippen molar-refractivity contribution < 1.29 is 19.1 Å². The lowest BCUT2D eigenvalue weighted by Crippen LogP contribution is -2.30. The lowest BCUT2D eigenvalue weighted by Gasteiger charge is -2.32. The number of fused-ring (bicyclic) bond motifs is 1. The summed E-state index contributed by atoms with van der Waals surface area (Å²) in [6, 6.07) is 17.3. The van der Waals surface area contributed by atoms with Crippen LogP contribution in [0.1, 0.15) is 93.8 Å². The van der Waals surface area contributed by atoms with E-state index >= 15 is 0 Å². The van der Waals surface area contributed by atoms with Gasteiger partial charge in [-0.2, -0.15) is 0 Å². The molecule has 1 N–H and O–H groups in total. The number of carbonyl (C=O) groups excluding carboxylic acids is 1. The highest BCUT2D eigenvalue weighted by Crippen LogP contribution is 2.46. The van der Waals surface area contributed by atoms with Crippen LogP contribution in [-0.4, -0.2) is 36.8 Å². The minimum atomic E-state index is -1.11. The van der Waals surface area contributed by atoms with E-state index in [0.717, 1.165) is 33.5 Å². The summed E-state index contributed by atoms with van der Waals surface area (Å²) in [5.41, 5.74) is 4.33. The Morgan fingerprint density at radius 3 is 2.02 bits per heavy atom. The van der Waals surface area contributed by atoms with E-state index in [2.05, 4.69) is 0 Å². The number of aromatic nitrogens is 1. The van der Waals surface area contributed by atoms with Crippen molar-refractivity contribution in [1.82, 2.24) is 4.98 Å². The van der Waals surface area contributed by atoms with Crippen molar-refractivity contribution in [3.8, 4) is 5.75 Å². The van der Waals surface area contributed by atoms with Crippen molar-refractivity contribution in [3.05, 3.63) is 98.5 Å². The molecule has 0 aliphatic heterocycles. The predicted octanol–water partition coefficient (Wildman–Crippen LogP) is 7.34. The Morgan fingerprint density at radius 1 is 0.930 bits per heavy atom. The molecule has 0 bridgehead atoms. The summed E-state index contributed by atoms with van der Waals surface area (Å²) in [5, 5.41) is 11.5. The van der Waals surface area contributed by atoms with Gasteiger partial charge in [-0.1, -0.05) is 71.9 Å². The third-order valence-electron chi connectivity index (χ3n) is 7.81. The molecule has 0 radical (unpaired) electrons. The van der Waals surface area contributed by atoms with Crippen molar-refractivity contribution in [3.63, 3.8) is 0 Å². The molecule has 0 fully saturated rings. The molecule has 0 aliphatic rings. The van der Waals surface area contributed by atoms with Gasteiger partial charge < -0.3 is 19.2 Å². The molecule has 4 aromatic rings. The second kappa shape index (κ2) is 11.9. The fourth-order valence-electron chi connectivity index (χ4n) is 5.49. The second-order valence-corrected chi connectivity index (χ2v) is 13.5. The Morgan fingerprint density at radius 2 is 1.51 bits per heavy atom. The van der Waals surface area contributed by atoms with E-state index in [1.54, 1.807) is 19.1 Å². The minimum Gasteiger partial charge on any atom is -0.507 e. The third-order valence-corrected chi connectivity index (χ3v) is 7.81.